The van der Waals surface area contributed by atoms with Gasteiger partial charge in [-0.1, -0.05) is 0 Å². The molecule has 4 nitrogen and oxygen atoms in total. The Labute approximate surface area is 91.9 Å². The van der Waals surface area contributed by atoms with Crippen LogP contribution in [-0.4, -0.2) is 40.2 Å². The molecular weight excluding hydrogens is 213 g/mol. The molecule has 2 rings (SSSR count). The lowest BCUT2D eigenvalue weighted by molar-refractivity contribution is 0.0761. The fraction of sp³-hybridized carbons (Fsp3) is 0.364. The molecule has 1 aliphatic heterocycles. The van der Waals surface area contributed by atoms with Crippen LogP contribution < -0.4 is 0 Å². The van der Waals surface area contributed by atoms with E-state index in [1.807, 2.05) is 0 Å². The van der Waals surface area contributed by atoms with Crippen LogP contribution in [-0.2, 0) is 0 Å². The number of likely N-dealkylation sites (tertiary alicyclic amines) is 1. The Balaban J connectivity index is 2.23. The number of hydrogen-bond donors (Lipinski definition) is 2. The minimum absolute atomic E-state index is 0.0610. The average Bonchev–Trinajstić information content (AvgIpc) is 2.67. The molecule has 1 aliphatic rings. The first-order valence-electron chi connectivity index (χ1n) is 5.04. The van der Waals surface area contributed by atoms with Crippen LogP contribution in [0.15, 0.2) is 18.2 Å². The molecule has 0 unspecified atom stereocenters. The summed E-state index contributed by atoms with van der Waals surface area (Å²) < 4.78 is 12.9. The van der Waals surface area contributed by atoms with Gasteiger partial charge in [-0.25, -0.2) is 4.39 Å². The second kappa shape index (κ2) is 4.09. The fourth-order valence-corrected chi connectivity index (χ4v) is 1.78. The van der Waals surface area contributed by atoms with E-state index in [4.69, 9.17) is 0 Å². The monoisotopic (exact) mass is 225 g/mol. The highest BCUT2D eigenvalue weighted by Gasteiger charge is 2.27. The highest BCUT2D eigenvalue weighted by molar-refractivity contribution is 5.97. The number of aliphatic hydroxyl groups is 1. The quantitative estimate of drug-likeness (QED) is 0.741. The van der Waals surface area contributed by atoms with Gasteiger partial charge in [0, 0.05) is 13.1 Å². The molecule has 1 aromatic carbocycles. The van der Waals surface area contributed by atoms with Crippen molar-refractivity contribution in [2.75, 3.05) is 13.1 Å². The molecule has 0 radical (unpaired) electrons. The first-order valence-corrected chi connectivity index (χ1v) is 5.04. The molecule has 86 valence electrons. The van der Waals surface area contributed by atoms with Gasteiger partial charge in [0.2, 0.25) is 0 Å². The van der Waals surface area contributed by atoms with Crippen molar-refractivity contribution < 1.29 is 19.4 Å². The van der Waals surface area contributed by atoms with Crippen molar-refractivity contribution in [2.24, 2.45) is 0 Å². The van der Waals surface area contributed by atoms with E-state index in [1.54, 1.807) is 0 Å². The van der Waals surface area contributed by atoms with Gasteiger partial charge in [-0.15, -0.1) is 0 Å². The van der Waals surface area contributed by atoms with Gasteiger partial charge >= 0.3 is 0 Å². The number of benzene rings is 1. The van der Waals surface area contributed by atoms with Gasteiger partial charge in [0.1, 0.15) is 11.6 Å². The Morgan fingerprint density at radius 1 is 1.50 bits per heavy atom. The van der Waals surface area contributed by atoms with Gasteiger partial charge in [0.05, 0.1) is 11.7 Å². The van der Waals surface area contributed by atoms with Crippen molar-refractivity contribution in [3.8, 4) is 5.75 Å². The zero-order valence-corrected chi connectivity index (χ0v) is 8.56. The number of phenolic OH excluding ortho intramolecular Hbond substituents is 1. The molecule has 2 N–H and O–H groups in total. The van der Waals surface area contributed by atoms with Crippen LogP contribution in [0.5, 0.6) is 5.75 Å². The zero-order chi connectivity index (χ0) is 11.7. The summed E-state index contributed by atoms with van der Waals surface area (Å²) in [6, 6.07) is 3.24. The molecule has 1 amide bonds. The summed E-state index contributed by atoms with van der Waals surface area (Å²) in [5.74, 6) is -1.26. The lowest BCUT2D eigenvalue weighted by atomic mass is 10.1. The number of nitrogens with zero attached hydrogens (tertiary/aromatic N) is 1. The third-order valence-corrected chi connectivity index (χ3v) is 2.64. The Morgan fingerprint density at radius 3 is 2.88 bits per heavy atom. The third-order valence-electron chi connectivity index (χ3n) is 2.64. The summed E-state index contributed by atoms with van der Waals surface area (Å²) in [5, 5.41) is 18.7. The van der Waals surface area contributed by atoms with Crippen LogP contribution in [0.25, 0.3) is 0 Å². The van der Waals surface area contributed by atoms with Gasteiger partial charge in [-0.05, 0) is 24.6 Å². The summed E-state index contributed by atoms with van der Waals surface area (Å²) in [4.78, 5) is 13.3. The van der Waals surface area contributed by atoms with E-state index in [0.29, 0.717) is 13.0 Å². The second-order valence-corrected chi connectivity index (χ2v) is 3.86. The van der Waals surface area contributed by atoms with Gasteiger partial charge in [0.25, 0.3) is 5.91 Å². The number of β-amino-alcohol motifs (C(OH)–C–C–N with tert-alkyl or cyclic N) is 1. The summed E-state index contributed by atoms with van der Waals surface area (Å²) in [5.41, 5.74) is -0.0610. The number of halogens is 1. The SMILES string of the molecule is O=C(c1cc(F)ccc1O)N1CC[C@H](O)C1. The van der Waals surface area contributed by atoms with Crippen LogP contribution in [0.2, 0.25) is 0 Å². The van der Waals surface area contributed by atoms with Crippen LogP contribution in [0, 0.1) is 5.82 Å². The number of aliphatic hydroxyl groups excluding tert-OH is 1. The van der Waals surface area contributed by atoms with Crippen LogP contribution in [0.3, 0.4) is 0 Å². The lowest BCUT2D eigenvalue weighted by Gasteiger charge is -2.16. The standard InChI is InChI=1S/C11H12FNO3/c12-7-1-2-10(15)9(5-7)11(16)13-4-3-8(14)6-13/h1-2,5,8,14-15H,3-4,6H2/t8-/m0/s1. The van der Waals surface area contributed by atoms with E-state index >= 15 is 0 Å². The van der Waals surface area contributed by atoms with E-state index < -0.39 is 17.8 Å². The maximum atomic E-state index is 12.9. The van der Waals surface area contributed by atoms with E-state index in [0.717, 1.165) is 18.2 Å². The highest BCUT2D eigenvalue weighted by Crippen LogP contribution is 2.21. The maximum Gasteiger partial charge on any atom is 0.257 e. The van der Waals surface area contributed by atoms with Crippen molar-refractivity contribution in [1.82, 2.24) is 4.90 Å². The molecule has 1 heterocycles. The molecule has 5 heteroatoms. The third kappa shape index (κ3) is 1.99. The maximum absolute atomic E-state index is 12.9. The Bertz CT molecular complexity index is 422. The molecule has 0 bridgehead atoms. The number of aromatic hydroxyl groups is 1. The number of phenols is 1. The molecular formula is C11H12FNO3. The van der Waals surface area contributed by atoms with E-state index in [2.05, 4.69) is 0 Å². The first kappa shape index (κ1) is 10.9. The van der Waals surface area contributed by atoms with Crippen molar-refractivity contribution in [2.45, 2.75) is 12.5 Å². The second-order valence-electron chi connectivity index (χ2n) is 3.86. The van der Waals surface area contributed by atoms with Crippen LogP contribution in [0.4, 0.5) is 4.39 Å². The zero-order valence-electron chi connectivity index (χ0n) is 8.56. The number of carbonyl (C=O) groups excluding carboxylic acids is 1. The minimum atomic E-state index is -0.569. The Morgan fingerprint density at radius 2 is 2.25 bits per heavy atom. The van der Waals surface area contributed by atoms with Gasteiger partial charge < -0.3 is 15.1 Å². The number of hydrogen-bond acceptors (Lipinski definition) is 3. The summed E-state index contributed by atoms with van der Waals surface area (Å²) in [6.45, 7) is 0.657. The van der Waals surface area contributed by atoms with E-state index in [9.17, 15) is 19.4 Å². The van der Waals surface area contributed by atoms with Crippen LogP contribution in [0.1, 0.15) is 16.8 Å². The van der Waals surface area contributed by atoms with Gasteiger partial charge in [-0.3, -0.25) is 4.79 Å². The normalized spacial score (nSPS) is 20.1. The van der Waals surface area contributed by atoms with Crippen molar-refractivity contribution >= 4 is 5.91 Å². The molecule has 1 atom stereocenters. The summed E-state index contributed by atoms with van der Waals surface area (Å²) >= 11 is 0. The lowest BCUT2D eigenvalue weighted by Crippen LogP contribution is -2.29. The molecule has 0 spiro atoms. The molecule has 1 aromatic rings. The molecule has 16 heavy (non-hydrogen) atoms. The fourth-order valence-electron chi connectivity index (χ4n) is 1.78. The Hall–Kier alpha value is -1.62. The van der Waals surface area contributed by atoms with E-state index in [-0.39, 0.29) is 17.9 Å². The predicted octanol–water partition coefficient (Wildman–Crippen LogP) is 0.738. The van der Waals surface area contributed by atoms with Crippen molar-refractivity contribution in [3.05, 3.63) is 29.6 Å². The average molecular weight is 225 g/mol. The first-order chi connectivity index (χ1) is 7.58. The molecule has 0 saturated carbocycles. The predicted molar refractivity (Wildman–Crippen MR) is 54.6 cm³/mol. The van der Waals surface area contributed by atoms with Gasteiger partial charge in [-0.2, -0.15) is 0 Å². The van der Waals surface area contributed by atoms with Crippen LogP contribution >= 0.6 is 0 Å². The highest BCUT2D eigenvalue weighted by atomic mass is 19.1. The smallest absolute Gasteiger partial charge is 0.257 e. The Kier molecular flexibility index (Phi) is 2.78. The van der Waals surface area contributed by atoms with E-state index in [1.165, 1.54) is 4.90 Å². The largest absolute Gasteiger partial charge is 0.507 e. The minimum Gasteiger partial charge on any atom is -0.507 e. The summed E-state index contributed by atoms with van der Waals surface area (Å²) in [6.07, 6.45) is -0.0124. The molecule has 1 fully saturated rings. The number of amides is 1. The van der Waals surface area contributed by atoms with Gasteiger partial charge in [0.15, 0.2) is 0 Å². The number of carbonyl (C=O) groups is 1. The molecule has 1 saturated heterocycles. The summed E-state index contributed by atoms with van der Waals surface area (Å²) in [7, 11) is 0. The van der Waals surface area contributed by atoms with Crippen molar-refractivity contribution in [3.63, 3.8) is 0 Å². The number of rotatable bonds is 1. The molecule has 0 aromatic heterocycles. The van der Waals surface area contributed by atoms with Crippen molar-refractivity contribution in [1.29, 1.82) is 0 Å². The molecule has 0 aliphatic carbocycles. The topological polar surface area (TPSA) is 60.8 Å².